The van der Waals surface area contributed by atoms with Crippen molar-refractivity contribution in [3.63, 3.8) is 0 Å². The fourth-order valence-corrected chi connectivity index (χ4v) is 3.20. The second-order valence-corrected chi connectivity index (χ2v) is 7.89. The molecule has 2 saturated heterocycles. The molecule has 3 heteroatoms. The molecule has 2 aliphatic heterocycles. The maximum atomic E-state index is 2.66. The molecule has 112 valence electrons. The monoisotopic (exact) mass is 267 g/mol. The number of piperazine rings is 1. The predicted molar refractivity (Wildman–Crippen MR) is 82.6 cm³/mol. The largest absolute Gasteiger partial charge is 0.304 e. The van der Waals surface area contributed by atoms with E-state index in [1.54, 1.807) is 0 Å². The predicted octanol–water partition coefficient (Wildman–Crippen LogP) is 1.99. The Morgan fingerprint density at radius 1 is 0.947 bits per heavy atom. The molecule has 0 saturated carbocycles. The summed E-state index contributed by atoms with van der Waals surface area (Å²) in [5.74, 6) is 0.943. The van der Waals surface area contributed by atoms with Crippen molar-refractivity contribution in [1.82, 2.24) is 14.7 Å². The molecule has 0 amide bonds. The van der Waals surface area contributed by atoms with Crippen LogP contribution in [0.2, 0.25) is 0 Å². The Kier molecular flexibility index (Phi) is 5.27. The van der Waals surface area contributed by atoms with Gasteiger partial charge < -0.3 is 14.7 Å². The van der Waals surface area contributed by atoms with Gasteiger partial charge in [0.15, 0.2) is 0 Å². The molecule has 2 rings (SSSR count). The van der Waals surface area contributed by atoms with E-state index in [0.29, 0.717) is 5.41 Å². The van der Waals surface area contributed by atoms with Gasteiger partial charge in [-0.1, -0.05) is 20.8 Å². The zero-order chi connectivity index (χ0) is 13.9. The van der Waals surface area contributed by atoms with E-state index in [-0.39, 0.29) is 0 Å². The second-order valence-electron chi connectivity index (χ2n) is 7.89. The van der Waals surface area contributed by atoms with Gasteiger partial charge in [0.1, 0.15) is 0 Å². The molecular formula is C16H33N3. The van der Waals surface area contributed by atoms with Crippen molar-refractivity contribution in [3.05, 3.63) is 0 Å². The summed E-state index contributed by atoms with van der Waals surface area (Å²) in [5, 5.41) is 0. The normalized spacial score (nSPS) is 24.6. The van der Waals surface area contributed by atoms with Gasteiger partial charge in [-0.3, -0.25) is 0 Å². The number of likely N-dealkylation sites (N-methyl/N-ethyl adjacent to an activating group) is 1. The lowest BCUT2D eigenvalue weighted by Crippen LogP contribution is -2.54. The van der Waals surface area contributed by atoms with E-state index in [4.69, 9.17) is 0 Å². The van der Waals surface area contributed by atoms with Gasteiger partial charge in [0.25, 0.3) is 0 Å². The zero-order valence-corrected chi connectivity index (χ0v) is 13.5. The van der Waals surface area contributed by atoms with Gasteiger partial charge in [0, 0.05) is 45.8 Å². The molecule has 0 aromatic carbocycles. The first-order valence-corrected chi connectivity index (χ1v) is 8.06. The molecule has 0 unspecified atom stereocenters. The van der Waals surface area contributed by atoms with Crippen LogP contribution in [0.25, 0.3) is 0 Å². The van der Waals surface area contributed by atoms with Crippen molar-refractivity contribution in [2.45, 2.75) is 33.6 Å². The average molecular weight is 267 g/mol. The first kappa shape index (κ1) is 15.3. The number of hydrogen-bond donors (Lipinski definition) is 0. The third kappa shape index (κ3) is 5.41. The van der Waals surface area contributed by atoms with Crippen molar-refractivity contribution < 1.29 is 0 Å². The molecule has 0 spiro atoms. The maximum Gasteiger partial charge on any atom is 0.0110 e. The summed E-state index contributed by atoms with van der Waals surface area (Å²) in [7, 11) is 2.23. The van der Waals surface area contributed by atoms with Crippen LogP contribution in [0.3, 0.4) is 0 Å². The van der Waals surface area contributed by atoms with Gasteiger partial charge in [-0.05, 0) is 37.8 Å². The van der Waals surface area contributed by atoms with Crippen LogP contribution < -0.4 is 0 Å². The molecule has 0 aromatic heterocycles. The molecule has 0 N–H and O–H groups in total. The van der Waals surface area contributed by atoms with Gasteiger partial charge in [-0.15, -0.1) is 0 Å². The number of hydrogen-bond acceptors (Lipinski definition) is 3. The van der Waals surface area contributed by atoms with Crippen LogP contribution in [-0.2, 0) is 0 Å². The maximum absolute atomic E-state index is 2.66. The van der Waals surface area contributed by atoms with Gasteiger partial charge in [-0.25, -0.2) is 0 Å². The molecule has 0 aliphatic carbocycles. The van der Waals surface area contributed by atoms with Crippen LogP contribution >= 0.6 is 0 Å². The van der Waals surface area contributed by atoms with Crippen molar-refractivity contribution in [3.8, 4) is 0 Å². The third-order valence-electron chi connectivity index (χ3n) is 4.55. The van der Waals surface area contributed by atoms with E-state index >= 15 is 0 Å². The van der Waals surface area contributed by atoms with Crippen molar-refractivity contribution in [2.24, 2.45) is 11.3 Å². The van der Waals surface area contributed by atoms with E-state index in [2.05, 4.69) is 42.5 Å². The van der Waals surface area contributed by atoms with E-state index in [9.17, 15) is 0 Å². The first-order valence-electron chi connectivity index (χ1n) is 8.06. The van der Waals surface area contributed by atoms with E-state index in [1.807, 2.05) is 0 Å². The molecule has 2 fully saturated rings. The minimum Gasteiger partial charge on any atom is -0.304 e. The van der Waals surface area contributed by atoms with E-state index in [0.717, 1.165) is 5.92 Å². The lowest BCUT2D eigenvalue weighted by molar-refractivity contribution is 0.0484. The van der Waals surface area contributed by atoms with Gasteiger partial charge >= 0.3 is 0 Å². The molecule has 0 radical (unpaired) electrons. The van der Waals surface area contributed by atoms with Crippen LogP contribution in [0.15, 0.2) is 0 Å². The van der Waals surface area contributed by atoms with E-state index in [1.165, 1.54) is 65.2 Å². The molecule has 2 aliphatic rings. The van der Waals surface area contributed by atoms with Gasteiger partial charge in [0.05, 0.1) is 0 Å². The van der Waals surface area contributed by atoms with Crippen LogP contribution in [0.5, 0.6) is 0 Å². The van der Waals surface area contributed by atoms with Crippen molar-refractivity contribution in [2.75, 3.05) is 59.4 Å². The van der Waals surface area contributed by atoms with Crippen LogP contribution in [0.1, 0.15) is 33.6 Å². The van der Waals surface area contributed by atoms with Gasteiger partial charge in [-0.2, -0.15) is 0 Å². The minimum absolute atomic E-state index is 0.504. The highest BCUT2D eigenvalue weighted by atomic mass is 15.3. The highest BCUT2D eigenvalue weighted by molar-refractivity contribution is 4.84. The zero-order valence-electron chi connectivity index (χ0n) is 13.5. The molecule has 0 bridgehead atoms. The minimum atomic E-state index is 0.504. The quantitative estimate of drug-likeness (QED) is 0.754. The summed E-state index contributed by atoms with van der Waals surface area (Å²) < 4.78 is 0. The topological polar surface area (TPSA) is 9.72 Å². The number of rotatable bonds is 5. The van der Waals surface area contributed by atoms with E-state index < -0.39 is 0 Å². The summed E-state index contributed by atoms with van der Waals surface area (Å²) in [4.78, 5) is 7.75. The highest BCUT2D eigenvalue weighted by Gasteiger charge is 2.28. The summed E-state index contributed by atoms with van der Waals surface area (Å²) in [6.45, 7) is 17.4. The Hall–Kier alpha value is -0.120. The van der Waals surface area contributed by atoms with Gasteiger partial charge in [0.2, 0.25) is 0 Å². The smallest absolute Gasteiger partial charge is 0.0110 e. The Bertz CT molecular complexity index is 258. The number of nitrogens with zero attached hydrogens (tertiary/aromatic N) is 3. The molecule has 0 aromatic rings. The third-order valence-corrected chi connectivity index (χ3v) is 4.55. The standard InChI is InChI=1S/C16H33N3/c1-16(2,3)6-5-7-19-13-15(14-19)12-18-10-8-17(4)9-11-18/h15H,5-14H2,1-4H3. The lowest BCUT2D eigenvalue weighted by Gasteiger charge is -2.43. The van der Waals surface area contributed by atoms with Crippen molar-refractivity contribution >= 4 is 0 Å². The van der Waals surface area contributed by atoms with Crippen LogP contribution in [-0.4, -0.2) is 74.1 Å². The molecular weight excluding hydrogens is 234 g/mol. The fraction of sp³-hybridized carbons (Fsp3) is 1.00. The summed E-state index contributed by atoms with van der Waals surface area (Å²) in [6, 6.07) is 0. The number of likely N-dealkylation sites (tertiary alicyclic amines) is 1. The second kappa shape index (κ2) is 6.55. The lowest BCUT2D eigenvalue weighted by atomic mass is 9.90. The van der Waals surface area contributed by atoms with Crippen molar-refractivity contribution in [1.29, 1.82) is 0 Å². The summed E-state index contributed by atoms with van der Waals surface area (Å²) >= 11 is 0. The SMILES string of the molecule is CN1CCN(CC2CN(CCCC(C)(C)C)C2)CC1. The molecule has 19 heavy (non-hydrogen) atoms. The first-order chi connectivity index (χ1) is 8.92. The Labute approximate surface area is 119 Å². The Balaban J connectivity index is 1.52. The fourth-order valence-electron chi connectivity index (χ4n) is 3.20. The molecule has 3 nitrogen and oxygen atoms in total. The van der Waals surface area contributed by atoms with Crippen LogP contribution in [0, 0.1) is 11.3 Å². The summed E-state index contributed by atoms with van der Waals surface area (Å²) in [6.07, 6.45) is 2.72. The highest BCUT2D eigenvalue weighted by Crippen LogP contribution is 2.23. The average Bonchev–Trinajstić information content (AvgIpc) is 2.26. The summed E-state index contributed by atoms with van der Waals surface area (Å²) in [5.41, 5.74) is 0.504. The Morgan fingerprint density at radius 2 is 1.58 bits per heavy atom. The Morgan fingerprint density at radius 3 is 2.16 bits per heavy atom. The van der Waals surface area contributed by atoms with Crippen LogP contribution in [0.4, 0.5) is 0 Å². The molecule has 2 heterocycles. The molecule has 0 atom stereocenters.